The molecule has 0 amide bonds. The number of aromatic nitrogens is 2. The number of halogens is 6. The number of benzene rings is 6. The largest absolute Gasteiger partial charge is 0.418 e. The number of fused-ring (bicyclic) bond motifs is 6. The predicted octanol–water partition coefficient (Wildman–Crippen LogP) is 12.4. The summed E-state index contributed by atoms with van der Waals surface area (Å²) < 4.78 is 91.5. The van der Waals surface area contributed by atoms with Crippen LogP contribution in [0.15, 0.2) is 109 Å². The van der Waals surface area contributed by atoms with Crippen molar-refractivity contribution >= 4 is 55.0 Å². The van der Waals surface area contributed by atoms with Gasteiger partial charge >= 0.3 is 12.4 Å². The van der Waals surface area contributed by atoms with Crippen molar-refractivity contribution in [1.82, 2.24) is 9.13 Å². The highest BCUT2D eigenvalue weighted by Gasteiger charge is 2.37. The third-order valence-corrected chi connectivity index (χ3v) is 9.44. The summed E-state index contributed by atoms with van der Waals surface area (Å²) >= 11 is 0. The van der Waals surface area contributed by atoms with E-state index in [1.165, 1.54) is 94.1 Å². The first kappa shape index (κ1) is 33.6. The molecule has 0 N–H and O–H groups in total. The fourth-order valence-corrected chi connectivity index (χ4v) is 7.09. The van der Waals surface area contributed by atoms with E-state index in [1.54, 1.807) is 12.1 Å². The first-order chi connectivity index (χ1) is 25.8. The Kier molecular flexibility index (Phi) is 7.48. The molecule has 258 valence electrons. The molecule has 6 nitrogen and oxygen atoms in total. The summed E-state index contributed by atoms with van der Waals surface area (Å²) in [6, 6.07) is 28.9. The number of hydrogen-bond donors (Lipinski definition) is 0. The highest BCUT2D eigenvalue weighted by molar-refractivity contribution is 6.12. The Bertz CT molecular complexity index is 2730. The van der Waals surface area contributed by atoms with Gasteiger partial charge in [0, 0.05) is 10.8 Å². The minimum absolute atomic E-state index is 0.177. The molecule has 6 aromatic carbocycles. The van der Waals surface area contributed by atoms with Gasteiger partial charge in [-0.25, -0.2) is 9.69 Å². The van der Waals surface area contributed by atoms with E-state index < -0.39 is 23.5 Å². The monoisotopic (exact) mass is 720 g/mol. The molecule has 2 aromatic heterocycles. The van der Waals surface area contributed by atoms with E-state index >= 15 is 0 Å². The minimum atomic E-state index is -4.85. The van der Waals surface area contributed by atoms with Crippen LogP contribution in [0.2, 0.25) is 0 Å². The van der Waals surface area contributed by atoms with Crippen LogP contribution in [0.25, 0.3) is 75.8 Å². The number of nitrogens with zero attached hydrogens (tertiary/aromatic N) is 6. The average Bonchev–Trinajstić information content (AvgIpc) is 3.67. The van der Waals surface area contributed by atoms with E-state index in [4.69, 9.17) is 13.1 Å². The molecule has 0 spiro atoms. The van der Waals surface area contributed by atoms with Crippen LogP contribution in [0.3, 0.4) is 0 Å². The predicted molar refractivity (Wildman–Crippen MR) is 193 cm³/mol. The van der Waals surface area contributed by atoms with E-state index in [0.717, 1.165) is 12.1 Å². The van der Waals surface area contributed by atoms with Gasteiger partial charge in [0.25, 0.3) is 0 Å². The van der Waals surface area contributed by atoms with E-state index in [-0.39, 0.29) is 45.0 Å². The van der Waals surface area contributed by atoms with Gasteiger partial charge < -0.3 is 9.13 Å². The zero-order valence-electron chi connectivity index (χ0n) is 27.3. The Morgan fingerprint density at radius 1 is 0.463 bits per heavy atom. The molecular formula is C42H18F6N6. The molecule has 0 radical (unpaired) electrons. The quantitative estimate of drug-likeness (QED) is 0.135. The Hall–Kier alpha value is -7.54. The van der Waals surface area contributed by atoms with Gasteiger partial charge in [0.05, 0.1) is 81.0 Å². The molecule has 0 aliphatic rings. The number of alkyl halides is 6. The molecule has 0 saturated carbocycles. The molecule has 2 heterocycles. The lowest BCUT2D eigenvalue weighted by atomic mass is 9.99. The maximum atomic E-state index is 14.8. The Morgan fingerprint density at radius 3 is 1.15 bits per heavy atom. The molecular weight excluding hydrogens is 702 g/mol. The topological polar surface area (TPSA) is 66.2 Å². The average molecular weight is 721 g/mol. The maximum absolute atomic E-state index is 14.8. The van der Waals surface area contributed by atoms with Crippen molar-refractivity contribution in [3.63, 3.8) is 0 Å². The van der Waals surface area contributed by atoms with Gasteiger partial charge in [0.2, 0.25) is 0 Å². The summed E-state index contributed by atoms with van der Waals surface area (Å²) in [6.45, 7) is 15.0. The van der Waals surface area contributed by atoms with Crippen LogP contribution >= 0.6 is 0 Å². The Labute approximate surface area is 301 Å². The van der Waals surface area contributed by atoms with Crippen molar-refractivity contribution in [2.24, 2.45) is 0 Å². The third-order valence-electron chi connectivity index (χ3n) is 9.44. The van der Waals surface area contributed by atoms with Crippen LogP contribution < -0.4 is 0 Å². The number of hydrogen-bond acceptors (Lipinski definition) is 2. The SMILES string of the molecule is [C-]#[N+]c1ccc2c(c1)c1cc([N+]#[C-])ccc1n2-c1cc(-c2ccc(C(F)(F)F)c(-n3c4ccc(C#N)cc4c4cc(C#N)ccc43)c2)ccc1C(F)(F)F. The van der Waals surface area contributed by atoms with Crippen molar-refractivity contribution < 1.29 is 26.3 Å². The molecule has 12 heteroatoms. The Morgan fingerprint density at radius 2 is 0.815 bits per heavy atom. The van der Waals surface area contributed by atoms with Crippen molar-refractivity contribution in [2.45, 2.75) is 12.4 Å². The fourth-order valence-electron chi connectivity index (χ4n) is 7.09. The van der Waals surface area contributed by atoms with Gasteiger partial charge in [-0.05, 0) is 107 Å². The molecule has 0 saturated heterocycles. The van der Waals surface area contributed by atoms with Gasteiger partial charge in [0.15, 0.2) is 11.4 Å². The van der Waals surface area contributed by atoms with Crippen molar-refractivity contribution in [1.29, 1.82) is 10.5 Å². The second-order valence-electron chi connectivity index (χ2n) is 12.4. The molecule has 8 rings (SSSR count). The lowest BCUT2D eigenvalue weighted by molar-refractivity contribution is -0.138. The zero-order valence-corrected chi connectivity index (χ0v) is 27.3. The highest BCUT2D eigenvalue weighted by Crippen LogP contribution is 2.44. The number of nitriles is 2. The van der Waals surface area contributed by atoms with Gasteiger partial charge in [-0.1, -0.05) is 24.3 Å². The van der Waals surface area contributed by atoms with E-state index in [1.807, 2.05) is 12.1 Å². The lowest BCUT2D eigenvalue weighted by Crippen LogP contribution is -2.12. The van der Waals surface area contributed by atoms with E-state index in [2.05, 4.69) is 9.69 Å². The summed E-state index contributed by atoms with van der Waals surface area (Å²) in [6.07, 6.45) is -9.69. The second-order valence-corrected chi connectivity index (χ2v) is 12.4. The van der Waals surface area contributed by atoms with Crippen LogP contribution in [0.4, 0.5) is 37.7 Å². The van der Waals surface area contributed by atoms with Gasteiger partial charge in [-0.15, -0.1) is 0 Å². The standard InChI is InChI=1S/C42H18F6N6/c1-51-27-7-13-37-31(19-27)32-20-28(52-2)8-14-38(32)54(37)40-18-26(6-10-34(40)42(46,47)48)25-5-9-33(41(43,44)45)39(17-25)53-35-11-3-23(21-49)15-29(35)30-16-24(22-50)4-12-36(30)53/h3-20H. The summed E-state index contributed by atoms with van der Waals surface area (Å²) in [5.41, 5.74) is 0.00303. The minimum Gasteiger partial charge on any atom is -0.309 e. The fraction of sp³-hybridized carbons (Fsp3) is 0.0476. The van der Waals surface area contributed by atoms with E-state index in [9.17, 15) is 36.9 Å². The van der Waals surface area contributed by atoms with Gasteiger partial charge in [-0.3, -0.25) is 0 Å². The smallest absolute Gasteiger partial charge is 0.309 e. The molecule has 0 bridgehead atoms. The normalized spacial score (nSPS) is 11.8. The summed E-state index contributed by atoms with van der Waals surface area (Å²) in [4.78, 5) is 6.92. The van der Waals surface area contributed by atoms with Crippen molar-refractivity contribution in [2.75, 3.05) is 0 Å². The maximum Gasteiger partial charge on any atom is 0.418 e. The summed E-state index contributed by atoms with van der Waals surface area (Å²) in [5.74, 6) is 0. The second kappa shape index (κ2) is 12.0. The van der Waals surface area contributed by atoms with Crippen LogP contribution in [0.1, 0.15) is 22.3 Å². The summed E-state index contributed by atoms with van der Waals surface area (Å²) in [7, 11) is 0. The molecule has 0 atom stereocenters. The van der Waals surface area contributed by atoms with Crippen LogP contribution in [0.5, 0.6) is 0 Å². The van der Waals surface area contributed by atoms with Crippen molar-refractivity contribution in [3.8, 4) is 34.6 Å². The molecule has 0 aliphatic carbocycles. The zero-order chi connectivity index (χ0) is 38.1. The van der Waals surface area contributed by atoms with Crippen LogP contribution in [-0.4, -0.2) is 9.13 Å². The van der Waals surface area contributed by atoms with Gasteiger partial charge in [0.1, 0.15) is 0 Å². The summed E-state index contributed by atoms with van der Waals surface area (Å²) in [5, 5.41) is 20.9. The Balaban J connectivity index is 1.43. The van der Waals surface area contributed by atoms with Crippen molar-refractivity contribution in [3.05, 3.63) is 154 Å². The first-order valence-electron chi connectivity index (χ1n) is 16.0. The highest BCUT2D eigenvalue weighted by atomic mass is 19.4. The van der Waals surface area contributed by atoms with Gasteiger partial charge in [-0.2, -0.15) is 36.9 Å². The number of rotatable bonds is 3. The first-order valence-corrected chi connectivity index (χ1v) is 16.0. The third kappa shape index (κ3) is 5.25. The lowest BCUT2D eigenvalue weighted by Gasteiger charge is -2.20. The van der Waals surface area contributed by atoms with E-state index in [0.29, 0.717) is 43.6 Å². The molecule has 0 fully saturated rings. The molecule has 8 aromatic rings. The molecule has 0 aliphatic heterocycles. The van der Waals surface area contributed by atoms with Crippen LogP contribution in [-0.2, 0) is 12.4 Å². The van der Waals surface area contributed by atoms with Crippen LogP contribution in [0, 0.1) is 35.8 Å². The molecule has 0 unspecified atom stereocenters. The molecule has 54 heavy (non-hydrogen) atoms.